The van der Waals surface area contributed by atoms with Gasteiger partial charge in [0, 0.05) is 12.6 Å². The lowest BCUT2D eigenvalue weighted by Gasteiger charge is -2.44. The minimum Gasteiger partial charge on any atom is -0.338 e. The number of hydrogen-bond donors (Lipinski definition) is 1. The molecule has 1 saturated heterocycles. The topological polar surface area (TPSA) is 46.3 Å². The van der Waals surface area contributed by atoms with Gasteiger partial charge in [-0.3, -0.25) is 4.79 Å². The van der Waals surface area contributed by atoms with Gasteiger partial charge in [-0.1, -0.05) is 18.9 Å². The summed E-state index contributed by atoms with van der Waals surface area (Å²) in [5.41, 5.74) is 5.92. The normalized spacial score (nSPS) is 30.5. The van der Waals surface area contributed by atoms with Crippen LogP contribution in [0.3, 0.4) is 0 Å². The fourth-order valence-electron chi connectivity index (χ4n) is 3.39. The number of piperidine rings is 1. The SMILES string of the molecule is C=CCC(N)C(=O)N1CCCC2CCCCC21. The maximum atomic E-state index is 12.3. The molecule has 96 valence electrons. The molecule has 0 aromatic heterocycles. The zero-order valence-corrected chi connectivity index (χ0v) is 10.6. The molecule has 0 aromatic carbocycles. The minimum absolute atomic E-state index is 0.140. The predicted octanol–water partition coefficient (Wildman–Crippen LogP) is 2.07. The van der Waals surface area contributed by atoms with E-state index in [9.17, 15) is 4.79 Å². The van der Waals surface area contributed by atoms with E-state index in [-0.39, 0.29) is 11.9 Å². The number of likely N-dealkylation sites (tertiary alicyclic amines) is 1. The van der Waals surface area contributed by atoms with Crippen molar-refractivity contribution in [1.82, 2.24) is 4.90 Å². The highest BCUT2D eigenvalue weighted by molar-refractivity contribution is 5.82. The van der Waals surface area contributed by atoms with Crippen LogP contribution >= 0.6 is 0 Å². The lowest BCUT2D eigenvalue weighted by Crippen LogP contribution is -2.54. The van der Waals surface area contributed by atoms with Gasteiger partial charge >= 0.3 is 0 Å². The van der Waals surface area contributed by atoms with E-state index in [2.05, 4.69) is 11.5 Å². The Balaban J connectivity index is 2.02. The van der Waals surface area contributed by atoms with E-state index in [4.69, 9.17) is 5.73 Å². The van der Waals surface area contributed by atoms with Crippen LogP contribution in [-0.4, -0.2) is 29.4 Å². The van der Waals surface area contributed by atoms with Crippen LogP contribution in [0.25, 0.3) is 0 Å². The number of hydrogen-bond acceptors (Lipinski definition) is 2. The molecule has 3 heteroatoms. The van der Waals surface area contributed by atoms with Crippen molar-refractivity contribution < 1.29 is 4.79 Å². The van der Waals surface area contributed by atoms with E-state index >= 15 is 0 Å². The molecule has 1 saturated carbocycles. The Hall–Kier alpha value is -0.830. The van der Waals surface area contributed by atoms with E-state index in [1.54, 1.807) is 6.08 Å². The van der Waals surface area contributed by atoms with Crippen molar-refractivity contribution in [2.75, 3.05) is 6.54 Å². The Morgan fingerprint density at radius 3 is 2.82 bits per heavy atom. The number of nitrogens with zero attached hydrogens (tertiary/aromatic N) is 1. The molecule has 3 unspecified atom stereocenters. The third-order valence-electron chi connectivity index (χ3n) is 4.26. The van der Waals surface area contributed by atoms with E-state index in [0.717, 1.165) is 18.9 Å². The van der Waals surface area contributed by atoms with E-state index in [1.165, 1.54) is 32.1 Å². The predicted molar refractivity (Wildman–Crippen MR) is 69.5 cm³/mol. The number of nitrogens with two attached hydrogens (primary N) is 1. The number of carbonyl (C=O) groups excluding carboxylic acids is 1. The van der Waals surface area contributed by atoms with Crippen molar-refractivity contribution in [3.8, 4) is 0 Å². The van der Waals surface area contributed by atoms with Crippen LogP contribution in [0.4, 0.5) is 0 Å². The summed E-state index contributed by atoms with van der Waals surface area (Å²) in [6, 6.07) is 0.0917. The minimum atomic E-state index is -0.381. The van der Waals surface area contributed by atoms with Crippen LogP contribution in [0.1, 0.15) is 44.9 Å². The third-order valence-corrected chi connectivity index (χ3v) is 4.26. The largest absolute Gasteiger partial charge is 0.338 e. The molecular weight excluding hydrogens is 212 g/mol. The van der Waals surface area contributed by atoms with E-state index < -0.39 is 0 Å². The lowest BCUT2D eigenvalue weighted by molar-refractivity contribution is -0.138. The highest BCUT2D eigenvalue weighted by Gasteiger charge is 2.36. The zero-order chi connectivity index (χ0) is 12.3. The number of rotatable bonds is 3. The van der Waals surface area contributed by atoms with Crippen molar-refractivity contribution >= 4 is 5.91 Å². The van der Waals surface area contributed by atoms with Gasteiger partial charge in [0.25, 0.3) is 0 Å². The van der Waals surface area contributed by atoms with Gasteiger partial charge in [0.05, 0.1) is 6.04 Å². The molecule has 0 spiro atoms. The summed E-state index contributed by atoms with van der Waals surface area (Å²) in [6.45, 7) is 4.57. The average Bonchev–Trinajstić information content (AvgIpc) is 2.37. The van der Waals surface area contributed by atoms with Crippen LogP contribution < -0.4 is 5.73 Å². The van der Waals surface area contributed by atoms with Crippen molar-refractivity contribution in [2.24, 2.45) is 11.7 Å². The summed E-state index contributed by atoms with van der Waals surface area (Å²) in [7, 11) is 0. The Labute approximate surface area is 104 Å². The third kappa shape index (κ3) is 2.71. The van der Waals surface area contributed by atoms with Crippen LogP contribution in [0, 0.1) is 5.92 Å². The molecule has 1 amide bonds. The molecule has 17 heavy (non-hydrogen) atoms. The molecule has 3 nitrogen and oxygen atoms in total. The summed E-state index contributed by atoms with van der Waals surface area (Å²) in [4.78, 5) is 14.4. The Morgan fingerprint density at radius 2 is 2.06 bits per heavy atom. The first-order valence-electron chi connectivity index (χ1n) is 6.91. The highest BCUT2D eigenvalue weighted by Crippen LogP contribution is 2.35. The molecule has 3 atom stereocenters. The van der Waals surface area contributed by atoms with Gasteiger partial charge in [0.15, 0.2) is 0 Å². The van der Waals surface area contributed by atoms with Crippen molar-refractivity contribution in [3.63, 3.8) is 0 Å². The first kappa shape index (κ1) is 12.6. The molecule has 0 radical (unpaired) electrons. The monoisotopic (exact) mass is 236 g/mol. The smallest absolute Gasteiger partial charge is 0.240 e. The van der Waals surface area contributed by atoms with E-state index in [0.29, 0.717) is 12.5 Å². The molecule has 0 aromatic rings. The fourth-order valence-corrected chi connectivity index (χ4v) is 3.39. The van der Waals surface area contributed by atoms with Crippen LogP contribution in [0.2, 0.25) is 0 Å². The standard InChI is InChI=1S/C14H24N2O/c1-2-6-12(15)14(17)16-10-5-8-11-7-3-4-9-13(11)16/h2,11-13H,1,3-10,15H2. The maximum absolute atomic E-state index is 12.3. The van der Waals surface area contributed by atoms with Gasteiger partial charge < -0.3 is 10.6 Å². The van der Waals surface area contributed by atoms with Gasteiger partial charge in [-0.25, -0.2) is 0 Å². The van der Waals surface area contributed by atoms with Gasteiger partial charge in [-0.05, 0) is 38.0 Å². The second-order valence-electron chi connectivity index (χ2n) is 5.42. The van der Waals surface area contributed by atoms with Gasteiger partial charge in [-0.15, -0.1) is 6.58 Å². The van der Waals surface area contributed by atoms with Crippen LogP contribution in [0.15, 0.2) is 12.7 Å². The molecular formula is C14H24N2O. The zero-order valence-electron chi connectivity index (χ0n) is 10.6. The summed E-state index contributed by atoms with van der Waals surface area (Å²) < 4.78 is 0. The number of carbonyl (C=O) groups is 1. The van der Waals surface area contributed by atoms with Crippen LogP contribution in [0.5, 0.6) is 0 Å². The Bertz CT molecular complexity index is 288. The van der Waals surface area contributed by atoms with Crippen LogP contribution in [-0.2, 0) is 4.79 Å². The summed E-state index contributed by atoms with van der Waals surface area (Å²) >= 11 is 0. The van der Waals surface area contributed by atoms with Gasteiger partial charge in [0.2, 0.25) is 5.91 Å². The second kappa shape index (κ2) is 5.67. The molecule has 2 N–H and O–H groups in total. The van der Waals surface area contributed by atoms with Gasteiger partial charge in [0.1, 0.15) is 0 Å². The Kier molecular flexibility index (Phi) is 4.21. The summed E-state index contributed by atoms with van der Waals surface area (Å²) in [6.07, 6.45) is 9.85. The van der Waals surface area contributed by atoms with Gasteiger partial charge in [-0.2, -0.15) is 0 Å². The number of amides is 1. The highest BCUT2D eigenvalue weighted by atomic mass is 16.2. The molecule has 1 aliphatic heterocycles. The quantitative estimate of drug-likeness (QED) is 0.763. The molecule has 1 aliphatic carbocycles. The average molecular weight is 236 g/mol. The lowest BCUT2D eigenvalue weighted by atomic mass is 9.78. The Morgan fingerprint density at radius 1 is 1.35 bits per heavy atom. The molecule has 2 rings (SSSR count). The summed E-state index contributed by atoms with van der Waals surface area (Å²) in [5.74, 6) is 0.874. The van der Waals surface area contributed by atoms with Crippen molar-refractivity contribution in [1.29, 1.82) is 0 Å². The first-order valence-corrected chi connectivity index (χ1v) is 6.91. The number of fused-ring (bicyclic) bond motifs is 1. The summed E-state index contributed by atoms with van der Waals surface area (Å²) in [5, 5.41) is 0. The first-order chi connectivity index (χ1) is 8.24. The maximum Gasteiger partial charge on any atom is 0.240 e. The molecule has 0 bridgehead atoms. The van der Waals surface area contributed by atoms with E-state index in [1.807, 2.05) is 0 Å². The van der Waals surface area contributed by atoms with Crippen molar-refractivity contribution in [3.05, 3.63) is 12.7 Å². The second-order valence-corrected chi connectivity index (χ2v) is 5.42. The fraction of sp³-hybridized carbons (Fsp3) is 0.786. The molecule has 2 aliphatic rings. The van der Waals surface area contributed by atoms with Crippen molar-refractivity contribution in [2.45, 2.75) is 57.0 Å². The molecule has 2 fully saturated rings. The molecule has 1 heterocycles.